The number of rotatable bonds is 3. The molecule has 1 heterocycles. The average Bonchev–Trinajstić information content (AvgIpc) is 2.74. The van der Waals surface area contributed by atoms with Gasteiger partial charge >= 0.3 is 0 Å². The van der Waals surface area contributed by atoms with Crippen molar-refractivity contribution < 1.29 is 4.79 Å². The SMILES string of the molecule is CC(NC(=O)C1CC1N)c1nncn1C. The summed E-state index contributed by atoms with van der Waals surface area (Å²) in [6.07, 6.45) is 2.40. The Hall–Kier alpha value is -1.43. The molecule has 3 unspecified atom stereocenters. The van der Waals surface area contributed by atoms with Crippen molar-refractivity contribution in [3.05, 3.63) is 12.2 Å². The molecule has 2 rings (SSSR count). The molecular formula is C9H15N5O. The topological polar surface area (TPSA) is 85.8 Å². The van der Waals surface area contributed by atoms with Gasteiger partial charge in [0.2, 0.25) is 5.91 Å². The van der Waals surface area contributed by atoms with Crippen LogP contribution in [-0.2, 0) is 11.8 Å². The van der Waals surface area contributed by atoms with Gasteiger partial charge in [0.1, 0.15) is 6.33 Å². The number of aromatic nitrogens is 3. The summed E-state index contributed by atoms with van der Waals surface area (Å²) in [6.45, 7) is 1.88. The zero-order valence-corrected chi connectivity index (χ0v) is 8.84. The Labute approximate surface area is 87.9 Å². The van der Waals surface area contributed by atoms with E-state index in [1.54, 1.807) is 10.9 Å². The van der Waals surface area contributed by atoms with Crippen molar-refractivity contribution in [1.82, 2.24) is 20.1 Å². The average molecular weight is 209 g/mol. The van der Waals surface area contributed by atoms with E-state index in [1.807, 2.05) is 14.0 Å². The van der Waals surface area contributed by atoms with Crippen molar-refractivity contribution in [2.75, 3.05) is 0 Å². The molecule has 0 spiro atoms. The van der Waals surface area contributed by atoms with E-state index < -0.39 is 0 Å². The van der Waals surface area contributed by atoms with Crippen LogP contribution in [0.3, 0.4) is 0 Å². The normalized spacial score (nSPS) is 26.1. The second-order valence-electron chi connectivity index (χ2n) is 4.04. The fourth-order valence-corrected chi connectivity index (χ4v) is 1.59. The van der Waals surface area contributed by atoms with E-state index in [1.165, 1.54) is 0 Å². The van der Waals surface area contributed by atoms with Gasteiger partial charge in [-0.15, -0.1) is 10.2 Å². The minimum atomic E-state index is -0.127. The Balaban J connectivity index is 1.95. The Morgan fingerprint density at radius 2 is 2.47 bits per heavy atom. The highest BCUT2D eigenvalue weighted by Gasteiger charge is 2.40. The van der Waals surface area contributed by atoms with Gasteiger partial charge in [-0.25, -0.2) is 0 Å². The molecule has 0 radical (unpaired) electrons. The second-order valence-corrected chi connectivity index (χ2v) is 4.04. The molecule has 0 aliphatic heterocycles. The molecule has 0 aromatic carbocycles. The standard InChI is InChI=1S/C9H15N5O/c1-5(8-13-11-4-14(8)2)12-9(15)6-3-7(6)10/h4-7H,3,10H2,1-2H3,(H,12,15). The molecule has 1 aromatic rings. The van der Waals surface area contributed by atoms with Crippen molar-refractivity contribution >= 4 is 5.91 Å². The third-order valence-corrected chi connectivity index (χ3v) is 2.67. The molecule has 1 fully saturated rings. The summed E-state index contributed by atoms with van der Waals surface area (Å²) in [5.41, 5.74) is 5.60. The fourth-order valence-electron chi connectivity index (χ4n) is 1.59. The van der Waals surface area contributed by atoms with Gasteiger partial charge in [-0.2, -0.15) is 0 Å². The van der Waals surface area contributed by atoms with E-state index in [0.29, 0.717) is 0 Å². The molecule has 3 N–H and O–H groups in total. The number of amides is 1. The largest absolute Gasteiger partial charge is 0.346 e. The lowest BCUT2D eigenvalue weighted by molar-refractivity contribution is -0.123. The molecule has 1 aromatic heterocycles. The maximum Gasteiger partial charge on any atom is 0.225 e. The summed E-state index contributed by atoms with van der Waals surface area (Å²) in [5.74, 6) is 0.747. The van der Waals surface area contributed by atoms with Gasteiger partial charge in [0.25, 0.3) is 0 Å². The second kappa shape index (κ2) is 3.62. The van der Waals surface area contributed by atoms with Gasteiger partial charge in [0.15, 0.2) is 5.82 Å². The van der Waals surface area contributed by atoms with Gasteiger partial charge in [-0.3, -0.25) is 4.79 Å². The van der Waals surface area contributed by atoms with Crippen LogP contribution in [0.4, 0.5) is 0 Å². The van der Waals surface area contributed by atoms with Crippen LogP contribution in [-0.4, -0.2) is 26.7 Å². The predicted molar refractivity (Wildman–Crippen MR) is 53.6 cm³/mol. The summed E-state index contributed by atoms with van der Waals surface area (Å²) in [5, 5.41) is 10.6. The molecule has 1 aliphatic rings. The van der Waals surface area contributed by atoms with Crippen molar-refractivity contribution in [3.8, 4) is 0 Å². The summed E-state index contributed by atoms with van der Waals surface area (Å²) in [4.78, 5) is 11.6. The molecule has 6 nitrogen and oxygen atoms in total. The van der Waals surface area contributed by atoms with Gasteiger partial charge in [0, 0.05) is 13.1 Å². The molecule has 1 amide bonds. The molecule has 1 saturated carbocycles. The number of hydrogen-bond acceptors (Lipinski definition) is 4. The first-order chi connectivity index (χ1) is 7.09. The summed E-state index contributed by atoms with van der Waals surface area (Å²) in [7, 11) is 1.85. The smallest absolute Gasteiger partial charge is 0.225 e. The maximum atomic E-state index is 11.6. The minimum absolute atomic E-state index is 0.0120. The first-order valence-corrected chi connectivity index (χ1v) is 4.99. The first-order valence-electron chi connectivity index (χ1n) is 4.99. The van der Waals surface area contributed by atoms with Crippen molar-refractivity contribution in [2.24, 2.45) is 18.7 Å². The lowest BCUT2D eigenvalue weighted by atomic mass is 10.3. The Morgan fingerprint density at radius 1 is 1.80 bits per heavy atom. The van der Waals surface area contributed by atoms with E-state index in [-0.39, 0.29) is 23.9 Å². The number of nitrogens with one attached hydrogen (secondary N) is 1. The molecular weight excluding hydrogens is 194 g/mol. The van der Waals surface area contributed by atoms with Crippen LogP contribution in [0.25, 0.3) is 0 Å². The lowest BCUT2D eigenvalue weighted by Gasteiger charge is -2.12. The van der Waals surface area contributed by atoms with Crippen LogP contribution in [0.15, 0.2) is 6.33 Å². The van der Waals surface area contributed by atoms with E-state index in [0.717, 1.165) is 12.2 Å². The number of carbonyl (C=O) groups is 1. The molecule has 15 heavy (non-hydrogen) atoms. The van der Waals surface area contributed by atoms with Crippen LogP contribution in [0.5, 0.6) is 0 Å². The number of hydrogen-bond donors (Lipinski definition) is 2. The maximum absolute atomic E-state index is 11.6. The zero-order valence-electron chi connectivity index (χ0n) is 8.84. The predicted octanol–water partition coefficient (Wildman–Crippen LogP) is -0.660. The summed E-state index contributed by atoms with van der Waals surface area (Å²) < 4.78 is 1.79. The van der Waals surface area contributed by atoms with E-state index in [2.05, 4.69) is 15.5 Å². The van der Waals surface area contributed by atoms with E-state index >= 15 is 0 Å². The highest BCUT2D eigenvalue weighted by Crippen LogP contribution is 2.28. The summed E-state index contributed by atoms with van der Waals surface area (Å²) >= 11 is 0. The van der Waals surface area contributed by atoms with Crippen molar-refractivity contribution in [2.45, 2.75) is 25.4 Å². The van der Waals surface area contributed by atoms with Crippen molar-refractivity contribution in [1.29, 1.82) is 0 Å². The van der Waals surface area contributed by atoms with Crippen LogP contribution in [0.2, 0.25) is 0 Å². The zero-order chi connectivity index (χ0) is 11.0. The van der Waals surface area contributed by atoms with Crippen LogP contribution in [0, 0.1) is 5.92 Å². The molecule has 0 saturated heterocycles. The number of nitrogens with zero attached hydrogens (tertiary/aromatic N) is 3. The van der Waals surface area contributed by atoms with Crippen LogP contribution >= 0.6 is 0 Å². The quantitative estimate of drug-likeness (QED) is 0.692. The Kier molecular flexibility index (Phi) is 2.44. The third-order valence-electron chi connectivity index (χ3n) is 2.67. The summed E-state index contributed by atoms with van der Waals surface area (Å²) in [6, 6.07) is -0.0884. The van der Waals surface area contributed by atoms with Gasteiger partial charge in [-0.05, 0) is 13.3 Å². The van der Waals surface area contributed by atoms with Gasteiger partial charge < -0.3 is 15.6 Å². The van der Waals surface area contributed by atoms with Crippen molar-refractivity contribution in [3.63, 3.8) is 0 Å². The monoisotopic (exact) mass is 209 g/mol. The number of carbonyl (C=O) groups excluding carboxylic acids is 1. The Bertz CT molecular complexity index is 374. The highest BCUT2D eigenvalue weighted by molar-refractivity contribution is 5.82. The molecule has 6 heteroatoms. The third kappa shape index (κ3) is 1.99. The number of nitrogens with two attached hydrogens (primary N) is 1. The van der Waals surface area contributed by atoms with Gasteiger partial charge in [-0.1, -0.05) is 0 Å². The van der Waals surface area contributed by atoms with Crippen LogP contribution < -0.4 is 11.1 Å². The number of aryl methyl sites for hydroxylation is 1. The Morgan fingerprint density at radius 3 is 2.93 bits per heavy atom. The molecule has 0 bridgehead atoms. The lowest BCUT2D eigenvalue weighted by Crippen LogP contribution is -2.31. The van der Waals surface area contributed by atoms with Crippen LogP contribution in [0.1, 0.15) is 25.2 Å². The fraction of sp³-hybridized carbons (Fsp3) is 0.667. The molecule has 82 valence electrons. The highest BCUT2D eigenvalue weighted by atomic mass is 16.2. The molecule has 3 atom stereocenters. The first kappa shape index (κ1) is 10.1. The minimum Gasteiger partial charge on any atom is -0.346 e. The van der Waals surface area contributed by atoms with Gasteiger partial charge in [0.05, 0.1) is 12.0 Å². The van der Waals surface area contributed by atoms with E-state index in [9.17, 15) is 4.79 Å². The molecule has 1 aliphatic carbocycles. The van der Waals surface area contributed by atoms with E-state index in [4.69, 9.17) is 5.73 Å².